The lowest BCUT2D eigenvalue weighted by atomic mass is 10.3. The molecule has 3 nitrogen and oxygen atoms in total. The summed E-state index contributed by atoms with van der Waals surface area (Å²) in [5.74, 6) is 0. The Morgan fingerprint density at radius 2 is 2.30 bits per heavy atom. The minimum Gasteiger partial charge on any atom is -0.394 e. The Hall–Kier alpha value is -0.380. The Balaban J connectivity index is 2.23. The van der Waals surface area contributed by atoms with Crippen LogP contribution in [0.5, 0.6) is 0 Å². The summed E-state index contributed by atoms with van der Waals surface area (Å²) in [5, 5.41) is 8.62. The van der Waals surface area contributed by atoms with Crippen molar-refractivity contribution in [3.63, 3.8) is 0 Å². The quantitative estimate of drug-likeness (QED) is 0.552. The van der Waals surface area contributed by atoms with Crippen LogP contribution in [0, 0.1) is 0 Å². The first-order chi connectivity index (χ1) is 4.86. The molecule has 10 heavy (non-hydrogen) atoms. The lowest BCUT2D eigenvalue weighted by Crippen LogP contribution is -2.36. The zero-order chi connectivity index (χ0) is 7.40. The second-order valence-electron chi connectivity index (χ2n) is 2.25. The number of ether oxygens (including phenoxy) is 2. The first-order valence-corrected chi connectivity index (χ1v) is 3.33. The molecule has 58 valence electrons. The maximum Gasteiger partial charge on any atom is 0.104 e. The van der Waals surface area contributed by atoms with Gasteiger partial charge in [-0.05, 0) is 0 Å². The van der Waals surface area contributed by atoms with E-state index in [4.69, 9.17) is 14.6 Å². The molecule has 0 unspecified atom stereocenters. The van der Waals surface area contributed by atoms with Crippen molar-refractivity contribution in [3.05, 3.63) is 12.7 Å². The van der Waals surface area contributed by atoms with Crippen LogP contribution in [-0.2, 0) is 9.47 Å². The number of rotatable bonds is 2. The second kappa shape index (κ2) is 3.71. The van der Waals surface area contributed by atoms with Crippen LogP contribution in [0.4, 0.5) is 0 Å². The first kappa shape index (κ1) is 7.72. The molecule has 0 aromatic carbocycles. The standard InChI is InChI=1S/C7H12O3/c1-2-6-4-10-7(3-8)5-9-6/h2,6-8H,1,3-5H2/t6-,7+/m0/s1. The van der Waals surface area contributed by atoms with Gasteiger partial charge in [0.1, 0.15) is 6.10 Å². The van der Waals surface area contributed by atoms with Crippen molar-refractivity contribution in [2.75, 3.05) is 19.8 Å². The average Bonchev–Trinajstić information content (AvgIpc) is 2.05. The molecule has 0 radical (unpaired) electrons. The van der Waals surface area contributed by atoms with Crippen molar-refractivity contribution in [3.8, 4) is 0 Å². The topological polar surface area (TPSA) is 38.7 Å². The Morgan fingerprint density at radius 1 is 1.50 bits per heavy atom. The Kier molecular flexibility index (Phi) is 2.86. The summed E-state index contributed by atoms with van der Waals surface area (Å²) in [6.07, 6.45) is 1.56. The van der Waals surface area contributed by atoms with Gasteiger partial charge in [0.2, 0.25) is 0 Å². The van der Waals surface area contributed by atoms with Gasteiger partial charge in [-0.2, -0.15) is 0 Å². The monoisotopic (exact) mass is 144 g/mol. The largest absolute Gasteiger partial charge is 0.394 e. The Labute approximate surface area is 60.3 Å². The molecule has 1 aliphatic rings. The summed E-state index contributed by atoms with van der Waals surface area (Å²) in [6.45, 7) is 4.57. The summed E-state index contributed by atoms with van der Waals surface area (Å²) in [4.78, 5) is 0. The summed E-state index contributed by atoms with van der Waals surface area (Å²) >= 11 is 0. The maximum atomic E-state index is 8.62. The molecule has 0 spiro atoms. The molecule has 1 heterocycles. The van der Waals surface area contributed by atoms with Gasteiger partial charge in [0.05, 0.1) is 25.9 Å². The van der Waals surface area contributed by atoms with E-state index in [1.165, 1.54) is 0 Å². The normalized spacial score (nSPS) is 33.7. The van der Waals surface area contributed by atoms with Gasteiger partial charge in [-0.3, -0.25) is 0 Å². The highest BCUT2D eigenvalue weighted by Gasteiger charge is 2.18. The molecule has 1 fully saturated rings. The van der Waals surface area contributed by atoms with Crippen molar-refractivity contribution < 1.29 is 14.6 Å². The lowest BCUT2D eigenvalue weighted by Gasteiger charge is -2.26. The fraction of sp³-hybridized carbons (Fsp3) is 0.714. The molecule has 1 rings (SSSR count). The zero-order valence-electron chi connectivity index (χ0n) is 5.82. The molecular weight excluding hydrogens is 132 g/mol. The van der Waals surface area contributed by atoms with Crippen molar-refractivity contribution in [2.24, 2.45) is 0 Å². The van der Waals surface area contributed by atoms with E-state index < -0.39 is 0 Å². The average molecular weight is 144 g/mol. The summed E-state index contributed by atoms with van der Waals surface area (Å²) < 4.78 is 10.4. The van der Waals surface area contributed by atoms with E-state index in [1.807, 2.05) is 0 Å². The lowest BCUT2D eigenvalue weighted by molar-refractivity contribution is -0.129. The second-order valence-corrected chi connectivity index (χ2v) is 2.25. The molecule has 1 aliphatic heterocycles. The zero-order valence-corrected chi connectivity index (χ0v) is 5.82. The molecule has 0 saturated carbocycles. The fourth-order valence-electron chi connectivity index (χ4n) is 0.800. The third-order valence-electron chi connectivity index (χ3n) is 1.46. The number of hydrogen-bond donors (Lipinski definition) is 1. The minimum atomic E-state index is -0.142. The predicted molar refractivity (Wildman–Crippen MR) is 36.8 cm³/mol. The van der Waals surface area contributed by atoms with Crippen LogP contribution < -0.4 is 0 Å². The van der Waals surface area contributed by atoms with Crippen LogP contribution in [0.2, 0.25) is 0 Å². The highest BCUT2D eigenvalue weighted by Crippen LogP contribution is 2.06. The maximum absolute atomic E-state index is 8.62. The Morgan fingerprint density at radius 3 is 2.70 bits per heavy atom. The molecule has 0 amide bonds. The smallest absolute Gasteiger partial charge is 0.104 e. The number of aliphatic hydroxyl groups excluding tert-OH is 1. The van der Waals surface area contributed by atoms with Crippen LogP contribution in [0.15, 0.2) is 12.7 Å². The number of hydrogen-bond acceptors (Lipinski definition) is 3. The molecule has 0 aromatic rings. The van der Waals surface area contributed by atoms with Crippen LogP contribution in [0.25, 0.3) is 0 Å². The van der Waals surface area contributed by atoms with E-state index in [0.29, 0.717) is 13.2 Å². The van der Waals surface area contributed by atoms with Crippen LogP contribution in [0.1, 0.15) is 0 Å². The SMILES string of the molecule is C=C[C@H]1CO[C@H](CO)CO1. The van der Waals surface area contributed by atoms with Crippen molar-refractivity contribution >= 4 is 0 Å². The summed E-state index contributed by atoms with van der Waals surface area (Å²) in [7, 11) is 0. The van der Waals surface area contributed by atoms with Crippen molar-refractivity contribution in [2.45, 2.75) is 12.2 Å². The van der Waals surface area contributed by atoms with Gasteiger partial charge in [-0.25, -0.2) is 0 Å². The third-order valence-corrected chi connectivity index (χ3v) is 1.46. The van der Waals surface area contributed by atoms with E-state index in [1.54, 1.807) is 6.08 Å². The van der Waals surface area contributed by atoms with E-state index >= 15 is 0 Å². The van der Waals surface area contributed by atoms with Crippen LogP contribution >= 0.6 is 0 Å². The van der Waals surface area contributed by atoms with E-state index in [9.17, 15) is 0 Å². The van der Waals surface area contributed by atoms with E-state index in [0.717, 1.165) is 0 Å². The predicted octanol–water partition coefficient (Wildman–Crippen LogP) is -0.0513. The van der Waals surface area contributed by atoms with Gasteiger partial charge in [-0.15, -0.1) is 6.58 Å². The van der Waals surface area contributed by atoms with Gasteiger partial charge in [0.25, 0.3) is 0 Å². The van der Waals surface area contributed by atoms with Crippen LogP contribution in [-0.4, -0.2) is 37.1 Å². The van der Waals surface area contributed by atoms with Gasteiger partial charge in [0.15, 0.2) is 0 Å². The molecule has 0 aliphatic carbocycles. The summed E-state index contributed by atoms with van der Waals surface area (Å²) in [6, 6.07) is 0. The highest BCUT2D eigenvalue weighted by atomic mass is 16.6. The van der Waals surface area contributed by atoms with Crippen molar-refractivity contribution in [1.82, 2.24) is 0 Å². The summed E-state index contributed by atoms with van der Waals surface area (Å²) in [5.41, 5.74) is 0. The fourth-order valence-corrected chi connectivity index (χ4v) is 0.800. The van der Waals surface area contributed by atoms with E-state index in [2.05, 4.69) is 6.58 Å². The minimum absolute atomic E-state index is 0.00259. The number of aliphatic hydroxyl groups is 1. The molecular formula is C7H12O3. The molecule has 0 aromatic heterocycles. The molecule has 1 N–H and O–H groups in total. The van der Waals surface area contributed by atoms with Gasteiger partial charge < -0.3 is 14.6 Å². The van der Waals surface area contributed by atoms with Gasteiger partial charge >= 0.3 is 0 Å². The van der Waals surface area contributed by atoms with Crippen molar-refractivity contribution in [1.29, 1.82) is 0 Å². The van der Waals surface area contributed by atoms with E-state index in [-0.39, 0.29) is 18.8 Å². The van der Waals surface area contributed by atoms with Gasteiger partial charge in [0, 0.05) is 0 Å². The molecule has 0 bridgehead atoms. The first-order valence-electron chi connectivity index (χ1n) is 3.33. The van der Waals surface area contributed by atoms with Gasteiger partial charge in [-0.1, -0.05) is 6.08 Å². The third kappa shape index (κ3) is 1.80. The molecule has 3 heteroatoms. The van der Waals surface area contributed by atoms with Crippen LogP contribution in [0.3, 0.4) is 0 Å². The molecule has 2 atom stereocenters. The highest BCUT2D eigenvalue weighted by molar-refractivity contribution is 4.82. The Bertz CT molecular complexity index is 105. The molecule has 1 saturated heterocycles.